The number of rotatable bonds is 7. The summed E-state index contributed by atoms with van der Waals surface area (Å²) in [5, 5.41) is 5.37. The molecule has 172 valence electrons. The Labute approximate surface area is 198 Å². The quantitative estimate of drug-likeness (QED) is 0.531. The number of piperazine rings is 1. The molecule has 1 N–H and O–H groups in total. The fraction of sp³-hybridized carbons (Fsp3) is 0.308. The van der Waals surface area contributed by atoms with E-state index in [0.717, 1.165) is 43.9 Å². The highest BCUT2D eigenvalue weighted by molar-refractivity contribution is 7.15. The molecule has 1 aromatic heterocycles. The predicted molar refractivity (Wildman–Crippen MR) is 133 cm³/mol. The molecule has 3 aromatic rings. The van der Waals surface area contributed by atoms with Crippen molar-refractivity contribution in [2.45, 2.75) is 13.5 Å². The fourth-order valence-corrected chi connectivity index (χ4v) is 5.06. The van der Waals surface area contributed by atoms with Crippen molar-refractivity contribution in [1.29, 1.82) is 0 Å². The lowest BCUT2D eigenvalue weighted by atomic mass is 10.0. The van der Waals surface area contributed by atoms with Gasteiger partial charge in [-0.1, -0.05) is 54.6 Å². The number of carbonyl (C=O) groups excluding carboxylic acids is 2. The number of nitrogens with one attached hydrogen (secondary N) is 1. The van der Waals surface area contributed by atoms with Gasteiger partial charge in [0.2, 0.25) is 5.91 Å². The van der Waals surface area contributed by atoms with Gasteiger partial charge in [0.05, 0.1) is 13.7 Å². The first-order valence-corrected chi connectivity index (χ1v) is 12.0. The number of carbonyl (C=O) groups is 2. The summed E-state index contributed by atoms with van der Waals surface area (Å²) in [7, 11) is 1.36. The molecule has 0 saturated carbocycles. The average Bonchev–Trinajstić information content (AvgIpc) is 3.25. The topological polar surface area (TPSA) is 61.9 Å². The molecular formula is C26H29N3O3S. The molecule has 0 bridgehead atoms. The van der Waals surface area contributed by atoms with Gasteiger partial charge in [0.25, 0.3) is 0 Å². The van der Waals surface area contributed by atoms with E-state index in [1.54, 1.807) is 0 Å². The van der Waals surface area contributed by atoms with Crippen LogP contribution >= 0.6 is 11.3 Å². The maximum absolute atomic E-state index is 12.8. The van der Waals surface area contributed by atoms with Crippen LogP contribution in [0.5, 0.6) is 0 Å². The first-order valence-electron chi connectivity index (χ1n) is 11.1. The number of esters is 1. The van der Waals surface area contributed by atoms with E-state index in [0.29, 0.717) is 17.1 Å². The molecule has 7 heteroatoms. The zero-order valence-electron chi connectivity index (χ0n) is 19.0. The highest BCUT2D eigenvalue weighted by Gasteiger charge is 2.24. The van der Waals surface area contributed by atoms with Crippen LogP contribution in [0.15, 0.2) is 60.0 Å². The molecule has 1 aliphatic rings. The molecule has 1 saturated heterocycles. The summed E-state index contributed by atoms with van der Waals surface area (Å²) in [6.45, 7) is 6.90. The largest absolute Gasteiger partial charge is 0.465 e. The summed E-state index contributed by atoms with van der Waals surface area (Å²) in [6.07, 6.45) is 0. The van der Waals surface area contributed by atoms with Crippen molar-refractivity contribution >= 4 is 28.2 Å². The van der Waals surface area contributed by atoms with Gasteiger partial charge in [-0.2, -0.15) is 0 Å². The number of nitrogens with zero attached hydrogens (tertiary/aromatic N) is 2. The Hall–Kier alpha value is -3.00. The monoisotopic (exact) mass is 463 g/mol. The lowest BCUT2D eigenvalue weighted by molar-refractivity contribution is -0.117. The van der Waals surface area contributed by atoms with Crippen molar-refractivity contribution in [3.63, 3.8) is 0 Å². The minimum atomic E-state index is -0.449. The zero-order valence-corrected chi connectivity index (χ0v) is 19.9. The van der Waals surface area contributed by atoms with E-state index in [4.69, 9.17) is 4.74 Å². The van der Waals surface area contributed by atoms with Gasteiger partial charge in [-0.25, -0.2) is 4.79 Å². The normalized spacial score (nSPS) is 14.7. The Balaban J connectivity index is 1.35. The smallest absolute Gasteiger partial charge is 0.341 e. The van der Waals surface area contributed by atoms with Gasteiger partial charge in [0.15, 0.2) is 0 Å². The Morgan fingerprint density at radius 3 is 2.33 bits per heavy atom. The van der Waals surface area contributed by atoms with Crippen LogP contribution in [-0.4, -0.2) is 61.5 Å². The maximum Gasteiger partial charge on any atom is 0.341 e. The fourth-order valence-electron chi connectivity index (χ4n) is 4.09. The zero-order chi connectivity index (χ0) is 23.2. The van der Waals surface area contributed by atoms with Crippen LogP contribution in [0, 0.1) is 6.92 Å². The number of hydrogen-bond donors (Lipinski definition) is 1. The molecule has 1 fully saturated rings. The summed E-state index contributed by atoms with van der Waals surface area (Å²) in [5.41, 5.74) is 4.76. The Bertz CT molecular complexity index is 1100. The number of thiophene rings is 1. The summed E-state index contributed by atoms with van der Waals surface area (Å²) < 4.78 is 5.00. The molecule has 6 nitrogen and oxygen atoms in total. The van der Waals surface area contributed by atoms with E-state index in [1.165, 1.54) is 29.6 Å². The molecule has 0 atom stereocenters. The van der Waals surface area contributed by atoms with Gasteiger partial charge in [0.1, 0.15) is 10.6 Å². The summed E-state index contributed by atoms with van der Waals surface area (Å²) >= 11 is 1.35. The molecule has 0 radical (unpaired) electrons. The standard InChI is InChI=1S/C26H29N3O3S/c1-19-8-6-7-11-21(19)16-28-12-14-29(15-13-28)17-23(30)27-25-24(26(31)32-2)22(18-33-25)20-9-4-3-5-10-20/h3-11,18H,12-17H2,1-2H3,(H,27,30). The van der Waals surface area contributed by atoms with Gasteiger partial charge in [-0.15, -0.1) is 11.3 Å². The van der Waals surface area contributed by atoms with Crippen molar-refractivity contribution in [2.24, 2.45) is 0 Å². The third kappa shape index (κ3) is 5.68. The third-order valence-corrected chi connectivity index (χ3v) is 6.90. The van der Waals surface area contributed by atoms with Crippen LogP contribution in [0.2, 0.25) is 0 Å². The van der Waals surface area contributed by atoms with Crippen molar-refractivity contribution in [3.05, 3.63) is 76.7 Å². The van der Waals surface area contributed by atoms with Crippen LogP contribution < -0.4 is 5.32 Å². The first kappa shape index (κ1) is 23.2. The van der Waals surface area contributed by atoms with Crippen molar-refractivity contribution < 1.29 is 14.3 Å². The van der Waals surface area contributed by atoms with Crippen LogP contribution in [0.3, 0.4) is 0 Å². The van der Waals surface area contributed by atoms with Crippen molar-refractivity contribution in [1.82, 2.24) is 9.80 Å². The van der Waals surface area contributed by atoms with E-state index < -0.39 is 5.97 Å². The van der Waals surface area contributed by atoms with Crippen LogP contribution in [0.25, 0.3) is 11.1 Å². The molecule has 1 amide bonds. The second-order valence-electron chi connectivity index (χ2n) is 8.24. The number of benzene rings is 2. The van der Waals surface area contributed by atoms with Crippen LogP contribution in [0.4, 0.5) is 5.00 Å². The second-order valence-corrected chi connectivity index (χ2v) is 9.12. The molecule has 0 spiro atoms. The van der Waals surface area contributed by atoms with Gasteiger partial charge in [-0.05, 0) is 23.6 Å². The summed E-state index contributed by atoms with van der Waals surface area (Å²) in [6, 6.07) is 18.1. The molecule has 0 unspecified atom stereocenters. The average molecular weight is 464 g/mol. The highest BCUT2D eigenvalue weighted by Crippen LogP contribution is 2.36. The van der Waals surface area contributed by atoms with Gasteiger partial charge in [0, 0.05) is 43.7 Å². The van der Waals surface area contributed by atoms with E-state index in [1.807, 2.05) is 35.7 Å². The second kappa shape index (κ2) is 10.7. The van der Waals surface area contributed by atoms with Gasteiger partial charge in [-0.3, -0.25) is 14.6 Å². The number of anilines is 1. The first-order chi connectivity index (χ1) is 16.0. The number of amides is 1. The van der Waals surface area contributed by atoms with Gasteiger partial charge >= 0.3 is 5.97 Å². The number of aryl methyl sites for hydroxylation is 1. The molecule has 4 rings (SSSR count). The van der Waals surface area contributed by atoms with Gasteiger partial charge < -0.3 is 10.1 Å². The molecule has 1 aliphatic heterocycles. The number of ether oxygens (including phenoxy) is 1. The maximum atomic E-state index is 12.8. The van der Waals surface area contributed by atoms with Crippen molar-refractivity contribution in [2.75, 3.05) is 45.2 Å². The van der Waals surface area contributed by atoms with E-state index in [9.17, 15) is 9.59 Å². The Morgan fingerprint density at radius 1 is 0.970 bits per heavy atom. The Morgan fingerprint density at radius 2 is 1.64 bits per heavy atom. The third-order valence-electron chi connectivity index (χ3n) is 6.01. The van der Waals surface area contributed by atoms with Crippen LogP contribution in [0.1, 0.15) is 21.5 Å². The predicted octanol–water partition coefficient (Wildman–Crippen LogP) is 4.27. The van der Waals surface area contributed by atoms with Crippen molar-refractivity contribution in [3.8, 4) is 11.1 Å². The molecule has 2 aromatic carbocycles. The minimum absolute atomic E-state index is 0.117. The van der Waals surface area contributed by atoms with Crippen LogP contribution in [-0.2, 0) is 16.1 Å². The minimum Gasteiger partial charge on any atom is -0.465 e. The summed E-state index contributed by atoms with van der Waals surface area (Å²) in [4.78, 5) is 29.9. The van der Waals surface area contributed by atoms with E-state index in [2.05, 4.69) is 46.3 Å². The molecule has 0 aliphatic carbocycles. The number of hydrogen-bond acceptors (Lipinski definition) is 6. The lowest BCUT2D eigenvalue weighted by Gasteiger charge is -2.34. The number of methoxy groups -OCH3 is 1. The molecular weight excluding hydrogens is 434 g/mol. The van der Waals surface area contributed by atoms with E-state index >= 15 is 0 Å². The Kier molecular flexibility index (Phi) is 7.54. The molecule has 2 heterocycles. The van der Waals surface area contributed by atoms with E-state index in [-0.39, 0.29) is 5.91 Å². The summed E-state index contributed by atoms with van der Waals surface area (Å²) in [5.74, 6) is -0.566. The molecule has 33 heavy (non-hydrogen) atoms. The lowest BCUT2D eigenvalue weighted by Crippen LogP contribution is -2.48. The highest BCUT2D eigenvalue weighted by atomic mass is 32.1. The SMILES string of the molecule is COC(=O)c1c(-c2ccccc2)csc1NC(=O)CN1CCN(Cc2ccccc2C)CC1.